The van der Waals surface area contributed by atoms with Crippen molar-refractivity contribution in [3.05, 3.63) is 42.0 Å². The van der Waals surface area contributed by atoms with Crippen molar-refractivity contribution in [1.82, 2.24) is 4.98 Å². The van der Waals surface area contributed by atoms with E-state index >= 15 is 0 Å². The molecule has 0 unspecified atom stereocenters. The van der Waals surface area contributed by atoms with Gasteiger partial charge in [0.15, 0.2) is 0 Å². The zero-order valence-corrected chi connectivity index (χ0v) is 11.9. The molecule has 6 heteroatoms. The Morgan fingerprint density at radius 2 is 1.81 bits per heavy atom. The van der Waals surface area contributed by atoms with E-state index in [0.29, 0.717) is 11.3 Å². The zero-order valence-electron chi connectivity index (χ0n) is 11.9. The SMILES string of the molecule is COc1cccc(-c2cc(C(F)(F)F)cc(N(C)C)n2)c1. The average Bonchev–Trinajstić information content (AvgIpc) is 2.46. The number of nitrogens with zero attached hydrogens (tertiary/aromatic N) is 2. The minimum atomic E-state index is -4.42. The lowest BCUT2D eigenvalue weighted by Crippen LogP contribution is -2.14. The van der Waals surface area contributed by atoms with Gasteiger partial charge in [-0.05, 0) is 24.3 Å². The van der Waals surface area contributed by atoms with Gasteiger partial charge < -0.3 is 9.64 Å². The van der Waals surface area contributed by atoms with Crippen LogP contribution in [0.15, 0.2) is 36.4 Å². The molecular weight excluding hydrogens is 281 g/mol. The maximum atomic E-state index is 13.0. The van der Waals surface area contributed by atoms with E-state index in [4.69, 9.17) is 4.74 Å². The van der Waals surface area contributed by atoms with Crippen molar-refractivity contribution in [1.29, 1.82) is 0 Å². The van der Waals surface area contributed by atoms with Crippen molar-refractivity contribution in [3.63, 3.8) is 0 Å². The molecule has 1 aromatic carbocycles. The first-order valence-electron chi connectivity index (χ1n) is 6.22. The van der Waals surface area contributed by atoms with Gasteiger partial charge in [-0.3, -0.25) is 0 Å². The standard InChI is InChI=1S/C15H15F3N2O/c1-20(2)14-9-11(15(16,17)18)8-13(19-14)10-5-4-6-12(7-10)21-3/h4-9H,1-3H3. The van der Waals surface area contributed by atoms with Gasteiger partial charge in [-0.2, -0.15) is 13.2 Å². The van der Waals surface area contributed by atoms with E-state index in [1.54, 1.807) is 43.3 Å². The summed E-state index contributed by atoms with van der Waals surface area (Å²) in [6.07, 6.45) is -4.42. The lowest BCUT2D eigenvalue weighted by atomic mass is 10.1. The molecule has 0 aliphatic rings. The Labute approximate surface area is 121 Å². The Kier molecular flexibility index (Phi) is 4.06. The molecule has 112 valence electrons. The molecule has 0 saturated heterocycles. The van der Waals surface area contributed by atoms with Crippen LogP contribution in [-0.4, -0.2) is 26.2 Å². The summed E-state index contributed by atoms with van der Waals surface area (Å²) in [6.45, 7) is 0. The third-order valence-electron chi connectivity index (χ3n) is 2.96. The highest BCUT2D eigenvalue weighted by Crippen LogP contribution is 2.34. The van der Waals surface area contributed by atoms with Crippen molar-refractivity contribution in [2.75, 3.05) is 26.1 Å². The van der Waals surface area contributed by atoms with Gasteiger partial charge in [-0.15, -0.1) is 0 Å². The van der Waals surface area contributed by atoms with Gasteiger partial charge in [0.25, 0.3) is 0 Å². The summed E-state index contributed by atoms with van der Waals surface area (Å²) in [5.74, 6) is 0.820. The summed E-state index contributed by atoms with van der Waals surface area (Å²) in [6, 6.07) is 8.87. The van der Waals surface area contributed by atoms with E-state index in [1.165, 1.54) is 7.11 Å². The molecule has 0 N–H and O–H groups in total. The van der Waals surface area contributed by atoms with Crippen molar-refractivity contribution in [3.8, 4) is 17.0 Å². The Balaban J connectivity index is 2.59. The molecule has 0 atom stereocenters. The Hall–Kier alpha value is -2.24. The third-order valence-corrected chi connectivity index (χ3v) is 2.96. The van der Waals surface area contributed by atoms with Crippen LogP contribution < -0.4 is 9.64 Å². The molecule has 0 fully saturated rings. The van der Waals surface area contributed by atoms with Gasteiger partial charge in [0.2, 0.25) is 0 Å². The minimum absolute atomic E-state index is 0.252. The number of halogens is 3. The quantitative estimate of drug-likeness (QED) is 0.860. The zero-order chi connectivity index (χ0) is 15.6. The molecule has 0 spiro atoms. The van der Waals surface area contributed by atoms with Crippen LogP contribution in [-0.2, 0) is 6.18 Å². The van der Waals surface area contributed by atoms with E-state index in [-0.39, 0.29) is 11.5 Å². The topological polar surface area (TPSA) is 25.4 Å². The lowest BCUT2D eigenvalue weighted by Gasteiger charge is -2.16. The van der Waals surface area contributed by atoms with Gasteiger partial charge in [-0.1, -0.05) is 12.1 Å². The van der Waals surface area contributed by atoms with Crippen molar-refractivity contribution < 1.29 is 17.9 Å². The van der Waals surface area contributed by atoms with E-state index < -0.39 is 11.7 Å². The number of hydrogen-bond donors (Lipinski definition) is 0. The molecule has 0 amide bonds. The fraction of sp³-hybridized carbons (Fsp3) is 0.267. The number of anilines is 1. The summed E-state index contributed by atoms with van der Waals surface area (Å²) in [4.78, 5) is 5.80. The fourth-order valence-corrected chi connectivity index (χ4v) is 1.84. The molecule has 0 radical (unpaired) electrons. The Morgan fingerprint density at radius 1 is 1.10 bits per heavy atom. The van der Waals surface area contributed by atoms with Crippen LogP contribution in [0.5, 0.6) is 5.75 Å². The van der Waals surface area contributed by atoms with Crippen molar-refractivity contribution >= 4 is 5.82 Å². The first-order valence-corrected chi connectivity index (χ1v) is 6.22. The van der Waals surface area contributed by atoms with E-state index in [1.807, 2.05) is 0 Å². The minimum Gasteiger partial charge on any atom is -0.497 e. The summed E-state index contributed by atoms with van der Waals surface area (Å²) >= 11 is 0. The Bertz CT molecular complexity index is 639. The van der Waals surface area contributed by atoms with Gasteiger partial charge in [-0.25, -0.2) is 4.98 Å². The summed E-state index contributed by atoms with van der Waals surface area (Å²) < 4.78 is 44.1. The molecule has 21 heavy (non-hydrogen) atoms. The number of hydrogen-bond acceptors (Lipinski definition) is 3. The largest absolute Gasteiger partial charge is 0.497 e. The lowest BCUT2D eigenvalue weighted by molar-refractivity contribution is -0.137. The molecule has 1 heterocycles. The number of rotatable bonds is 3. The number of aromatic nitrogens is 1. The maximum absolute atomic E-state index is 13.0. The Morgan fingerprint density at radius 3 is 2.38 bits per heavy atom. The number of alkyl halides is 3. The first kappa shape index (κ1) is 15.2. The van der Waals surface area contributed by atoms with Crippen molar-refractivity contribution in [2.45, 2.75) is 6.18 Å². The van der Waals surface area contributed by atoms with Crippen LogP contribution in [0.1, 0.15) is 5.56 Å². The van der Waals surface area contributed by atoms with Crippen LogP contribution in [0.3, 0.4) is 0 Å². The molecule has 2 rings (SSSR count). The van der Waals surface area contributed by atoms with Crippen LogP contribution >= 0.6 is 0 Å². The van der Waals surface area contributed by atoms with Crippen molar-refractivity contribution in [2.24, 2.45) is 0 Å². The normalized spacial score (nSPS) is 11.3. The number of ether oxygens (including phenoxy) is 1. The van der Waals surface area contributed by atoms with Gasteiger partial charge in [0.05, 0.1) is 18.4 Å². The first-order chi connectivity index (χ1) is 9.81. The molecule has 1 aromatic heterocycles. The fourth-order valence-electron chi connectivity index (χ4n) is 1.84. The third kappa shape index (κ3) is 3.45. The molecule has 0 aliphatic carbocycles. The molecule has 0 bridgehead atoms. The summed E-state index contributed by atoms with van der Waals surface area (Å²) in [5.41, 5.74) is 0.106. The van der Waals surface area contributed by atoms with Gasteiger partial charge >= 0.3 is 6.18 Å². The van der Waals surface area contributed by atoms with Crippen LogP contribution in [0.2, 0.25) is 0 Å². The number of pyridine rings is 1. The highest BCUT2D eigenvalue weighted by molar-refractivity contribution is 5.64. The van der Waals surface area contributed by atoms with Gasteiger partial charge in [0.1, 0.15) is 11.6 Å². The predicted octanol–water partition coefficient (Wildman–Crippen LogP) is 3.84. The average molecular weight is 296 g/mol. The molecular formula is C15H15F3N2O. The smallest absolute Gasteiger partial charge is 0.416 e. The maximum Gasteiger partial charge on any atom is 0.416 e. The molecule has 3 nitrogen and oxygen atoms in total. The summed E-state index contributed by atoms with van der Waals surface area (Å²) in [7, 11) is 4.81. The predicted molar refractivity (Wildman–Crippen MR) is 75.6 cm³/mol. The monoisotopic (exact) mass is 296 g/mol. The molecule has 0 saturated carbocycles. The molecule has 2 aromatic rings. The summed E-state index contributed by atoms with van der Waals surface area (Å²) in [5, 5.41) is 0. The van der Waals surface area contributed by atoms with Crippen LogP contribution in [0.25, 0.3) is 11.3 Å². The molecule has 0 aliphatic heterocycles. The highest BCUT2D eigenvalue weighted by Gasteiger charge is 2.32. The second kappa shape index (κ2) is 5.63. The van der Waals surface area contributed by atoms with E-state index in [9.17, 15) is 13.2 Å². The second-order valence-corrected chi connectivity index (χ2v) is 4.72. The number of benzene rings is 1. The second-order valence-electron chi connectivity index (χ2n) is 4.72. The van der Waals surface area contributed by atoms with Crippen LogP contribution in [0, 0.1) is 0 Å². The highest BCUT2D eigenvalue weighted by atomic mass is 19.4. The van der Waals surface area contributed by atoms with E-state index in [2.05, 4.69) is 4.98 Å². The van der Waals surface area contributed by atoms with E-state index in [0.717, 1.165) is 12.1 Å². The van der Waals surface area contributed by atoms with Crippen LogP contribution in [0.4, 0.5) is 19.0 Å². The number of methoxy groups -OCH3 is 1. The van der Waals surface area contributed by atoms with Gasteiger partial charge in [0, 0.05) is 19.7 Å².